The molecule has 1 aliphatic carbocycles. The van der Waals surface area contributed by atoms with Crippen LogP contribution in [-0.4, -0.2) is 12.1 Å². The first-order chi connectivity index (χ1) is 8.93. The second kappa shape index (κ2) is 7.91. The topological polar surface area (TPSA) is 26.3 Å². The Morgan fingerprint density at radius 3 is 2.47 bits per heavy atom. The number of esters is 1. The van der Waals surface area contributed by atoms with Gasteiger partial charge in [0.25, 0.3) is 0 Å². The molecule has 0 aromatic carbocycles. The fourth-order valence-corrected chi connectivity index (χ4v) is 3.47. The molecule has 0 bridgehead atoms. The molecular formula is C17H32O2. The van der Waals surface area contributed by atoms with Crippen molar-refractivity contribution in [2.45, 2.75) is 91.6 Å². The Kier molecular flexibility index (Phi) is 6.88. The van der Waals surface area contributed by atoms with E-state index < -0.39 is 0 Å². The molecule has 0 aliphatic heterocycles. The van der Waals surface area contributed by atoms with Crippen molar-refractivity contribution >= 4 is 5.97 Å². The SMILES string of the molecule is CCCCCCCC(=O)OC1CC(C)CC(C)(C)C1. The lowest BCUT2D eigenvalue weighted by atomic mass is 9.71. The number of unbranched alkanes of at least 4 members (excludes halogenated alkanes) is 4. The van der Waals surface area contributed by atoms with Gasteiger partial charge >= 0.3 is 5.97 Å². The van der Waals surface area contributed by atoms with Crippen molar-refractivity contribution in [3.8, 4) is 0 Å². The Bertz CT molecular complexity index is 270. The molecule has 2 unspecified atom stereocenters. The van der Waals surface area contributed by atoms with Gasteiger partial charge in [0.15, 0.2) is 0 Å². The van der Waals surface area contributed by atoms with Gasteiger partial charge in [0.05, 0.1) is 0 Å². The molecule has 0 radical (unpaired) electrons. The van der Waals surface area contributed by atoms with E-state index >= 15 is 0 Å². The van der Waals surface area contributed by atoms with Crippen LogP contribution in [0.5, 0.6) is 0 Å². The van der Waals surface area contributed by atoms with Crippen molar-refractivity contribution in [2.24, 2.45) is 11.3 Å². The van der Waals surface area contributed by atoms with Crippen LogP contribution in [0.2, 0.25) is 0 Å². The molecule has 1 aliphatic rings. The van der Waals surface area contributed by atoms with Crippen LogP contribution in [0.4, 0.5) is 0 Å². The van der Waals surface area contributed by atoms with Gasteiger partial charge in [0, 0.05) is 6.42 Å². The lowest BCUT2D eigenvalue weighted by molar-refractivity contribution is -0.153. The van der Waals surface area contributed by atoms with Crippen molar-refractivity contribution in [1.82, 2.24) is 0 Å². The number of hydrogen-bond donors (Lipinski definition) is 0. The smallest absolute Gasteiger partial charge is 0.306 e. The fourth-order valence-electron chi connectivity index (χ4n) is 3.47. The summed E-state index contributed by atoms with van der Waals surface area (Å²) in [6.45, 7) is 9.05. The molecule has 0 spiro atoms. The van der Waals surface area contributed by atoms with Gasteiger partial charge in [-0.05, 0) is 37.0 Å². The van der Waals surface area contributed by atoms with Crippen LogP contribution in [0.15, 0.2) is 0 Å². The molecule has 112 valence electrons. The highest BCUT2D eigenvalue weighted by molar-refractivity contribution is 5.69. The minimum Gasteiger partial charge on any atom is -0.462 e. The maximum atomic E-state index is 11.8. The normalized spacial score (nSPS) is 26.1. The summed E-state index contributed by atoms with van der Waals surface area (Å²) in [6.07, 6.45) is 10.0. The van der Waals surface area contributed by atoms with Crippen LogP contribution < -0.4 is 0 Å². The van der Waals surface area contributed by atoms with Crippen molar-refractivity contribution < 1.29 is 9.53 Å². The zero-order valence-electron chi connectivity index (χ0n) is 13.3. The summed E-state index contributed by atoms with van der Waals surface area (Å²) in [5.41, 5.74) is 0.323. The lowest BCUT2D eigenvalue weighted by Gasteiger charge is -2.38. The van der Waals surface area contributed by atoms with Crippen LogP contribution in [0, 0.1) is 11.3 Å². The Morgan fingerprint density at radius 1 is 1.16 bits per heavy atom. The average Bonchev–Trinajstić information content (AvgIpc) is 2.25. The van der Waals surface area contributed by atoms with E-state index in [0.29, 0.717) is 17.8 Å². The van der Waals surface area contributed by atoms with Gasteiger partial charge in [-0.15, -0.1) is 0 Å². The zero-order valence-corrected chi connectivity index (χ0v) is 13.3. The van der Waals surface area contributed by atoms with Crippen molar-refractivity contribution in [3.63, 3.8) is 0 Å². The summed E-state index contributed by atoms with van der Waals surface area (Å²) >= 11 is 0. The Hall–Kier alpha value is -0.530. The minimum absolute atomic E-state index is 0.0198. The molecular weight excluding hydrogens is 236 g/mol. The maximum absolute atomic E-state index is 11.8. The summed E-state index contributed by atoms with van der Waals surface area (Å²) in [7, 11) is 0. The highest BCUT2D eigenvalue weighted by Crippen LogP contribution is 2.39. The third-order valence-electron chi connectivity index (χ3n) is 4.13. The van der Waals surface area contributed by atoms with Crippen molar-refractivity contribution in [3.05, 3.63) is 0 Å². The third kappa shape index (κ3) is 6.98. The minimum atomic E-state index is 0.0198. The highest BCUT2D eigenvalue weighted by Gasteiger charge is 2.33. The molecule has 19 heavy (non-hydrogen) atoms. The first-order valence-corrected chi connectivity index (χ1v) is 8.12. The number of hydrogen-bond acceptors (Lipinski definition) is 2. The first-order valence-electron chi connectivity index (χ1n) is 8.12. The van der Waals surface area contributed by atoms with Gasteiger partial charge in [-0.25, -0.2) is 0 Å². The zero-order chi connectivity index (χ0) is 14.3. The Balaban J connectivity index is 2.20. The number of carbonyl (C=O) groups excluding carboxylic acids is 1. The molecule has 2 heteroatoms. The maximum Gasteiger partial charge on any atom is 0.306 e. The highest BCUT2D eigenvalue weighted by atomic mass is 16.5. The van der Waals surface area contributed by atoms with Crippen LogP contribution in [-0.2, 0) is 9.53 Å². The average molecular weight is 268 g/mol. The van der Waals surface area contributed by atoms with Gasteiger partial charge < -0.3 is 4.74 Å². The Morgan fingerprint density at radius 2 is 1.84 bits per heavy atom. The van der Waals surface area contributed by atoms with E-state index in [9.17, 15) is 4.79 Å². The van der Waals surface area contributed by atoms with E-state index in [4.69, 9.17) is 4.74 Å². The molecule has 0 N–H and O–H groups in total. The largest absolute Gasteiger partial charge is 0.462 e. The molecule has 0 heterocycles. The standard InChI is InChI=1S/C17H32O2/c1-5-6-7-8-9-10-16(18)19-15-11-14(2)12-17(3,4)13-15/h14-15H,5-13H2,1-4H3. The molecule has 0 aromatic heterocycles. The monoisotopic (exact) mass is 268 g/mol. The van der Waals surface area contributed by atoms with E-state index in [2.05, 4.69) is 27.7 Å². The van der Waals surface area contributed by atoms with Crippen LogP contribution >= 0.6 is 0 Å². The summed E-state index contributed by atoms with van der Waals surface area (Å²) in [5.74, 6) is 0.692. The van der Waals surface area contributed by atoms with Crippen LogP contribution in [0.25, 0.3) is 0 Å². The number of rotatable bonds is 7. The van der Waals surface area contributed by atoms with Crippen molar-refractivity contribution in [1.29, 1.82) is 0 Å². The predicted molar refractivity (Wildman–Crippen MR) is 80.1 cm³/mol. The summed E-state index contributed by atoms with van der Waals surface area (Å²) in [4.78, 5) is 11.8. The number of carbonyl (C=O) groups is 1. The predicted octanol–water partition coefficient (Wildman–Crippen LogP) is 5.10. The van der Waals surface area contributed by atoms with Gasteiger partial charge in [-0.2, -0.15) is 0 Å². The molecule has 0 amide bonds. The van der Waals surface area contributed by atoms with Gasteiger partial charge in [0.2, 0.25) is 0 Å². The van der Waals surface area contributed by atoms with Gasteiger partial charge in [-0.3, -0.25) is 4.79 Å². The second-order valence-corrected chi connectivity index (χ2v) is 7.19. The third-order valence-corrected chi connectivity index (χ3v) is 4.13. The lowest BCUT2D eigenvalue weighted by Crippen LogP contribution is -2.33. The van der Waals surface area contributed by atoms with E-state index in [-0.39, 0.29) is 12.1 Å². The molecule has 2 nitrogen and oxygen atoms in total. The second-order valence-electron chi connectivity index (χ2n) is 7.19. The fraction of sp³-hybridized carbons (Fsp3) is 0.941. The summed E-state index contributed by atoms with van der Waals surface area (Å²) in [5, 5.41) is 0. The van der Waals surface area contributed by atoms with E-state index in [0.717, 1.165) is 25.7 Å². The quantitative estimate of drug-likeness (QED) is 0.474. The first kappa shape index (κ1) is 16.5. The van der Waals surface area contributed by atoms with Crippen LogP contribution in [0.3, 0.4) is 0 Å². The van der Waals surface area contributed by atoms with E-state index in [1.54, 1.807) is 0 Å². The van der Waals surface area contributed by atoms with Gasteiger partial charge in [-0.1, -0.05) is 53.4 Å². The van der Waals surface area contributed by atoms with E-state index in [1.165, 1.54) is 25.7 Å². The van der Waals surface area contributed by atoms with Crippen LogP contribution in [0.1, 0.15) is 85.5 Å². The molecule has 1 rings (SSSR count). The molecule has 0 saturated heterocycles. The van der Waals surface area contributed by atoms with Crippen molar-refractivity contribution in [2.75, 3.05) is 0 Å². The summed E-state index contributed by atoms with van der Waals surface area (Å²) < 4.78 is 5.66. The van der Waals surface area contributed by atoms with Gasteiger partial charge in [0.1, 0.15) is 6.10 Å². The Labute approximate surface area is 119 Å². The number of ether oxygens (including phenoxy) is 1. The molecule has 0 aromatic rings. The molecule has 1 fully saturated rings. The summed E-state index contributed by atoms with van der Waals surface area (Å²) in [6, 6.07) is 0. The van der Waals surface area contributed by atoms with E-state index in [1.807, 2.05) is 0 Å². The molecule has 1 saturated carbocycles. The molecule has 2 atom stereocenters.